The van der Waals surface area contributed by atoms with Crippen molar-refractivity contribution in [3.63, 3.8) is 0 Å². The van der Waals surface area contributed by atoms with E-state index in [0.717, 1.165) is 11.8 Å². The molecular weight excluding hydrogens is 368 g/mol. The van der Waals surface area contributed by atoms with Crippen LogP contribution in [-0.4, -0.2) is 45.7 Å². The molecule has 0 spiro atoms. The van der Waals surface area contributed by atoms with Gasteiger partial charge in [0.25, 0.3) is 0 Å². The van der Waals surface area contributed by atoms with Crippen molar-refractivity contribution in [3.05, 3.63) is 54.1 Å². The zero-order valence-electron chi connectivity index (χ0n) is 15.6. The van der Waals surface area contributed by atoms with Crippen LogP contribution in [0.2, 0.25) is 0 Å². The van der Waals surface area contributed by atoms with E-state index in [1.807, 2.05) is 12.1 Å². The summed E-state index contributed by atoms with van der Waals surface area (Å²) in [6.45, 7) is 0.183. The number of carbonyl (C=O) groups excluding carboxylic acids is 1. The van der Waals surface area contributed by atoms with Crippen LogP contribution in [-0.2, 0) is 21.4 Å². The van der Waals surface area contributed by atoms with Gasteiger partial charge in [0.1, 0.15) is 11.5 Å². The summed E-state index contributed by atoms with van der Waals surface area (Å²) in [5.74, 6) is 0.845. The number of anilines is 1. The van der Waals surface area contributed by atoms with Crippen LogP contribution in [0.15, 0.2) is 48.5 Å². The average molecular weight is 392 g/mol. The number of benzene rings is 2. The second kappa shape index (κ2) is 9.38. The molecular formula is C19H24N2O5S. The topological polar surface area (TPSA) is 84.9 Å². The Hall–Kier alpha value is -2.58. The van der Waals surface area contributed by atoms with E-state index in [9.17, 15) is 13.2 Å². The molecule has 27 heavy (non-hydrogen) atoms. The van der Waals surface area contributed by atoms with Gasteiger partial charge in [-0.2, -0.15) is 4.31 Å². The second-order valence-electron chi connectivity index (χ2n) is 5.91. The van der Waals surface area contributed by atoms with Crippen LogP contribution < -0.4 is 14.8 Å². The number of rotatable bonds is 9. The van der Waals surface area contributed by atoms with Gasteiger partial charge in [0, 0.05) is 25.1 Å². The summed E-state index contributed by atoms with van der Waals surface area (Å²) >= 11 is 0. The van der Waals surface area contributed by atoms with Crippen molar-refractivity contribution in [1.29, 1.82) is 0 Å². The van der Waals surface area contributed by atoms with Crippen LogP contribution >= 0.6 is 0 Å². The number of hydrogen-bond donors (Lipinski definition) is 1. The number of sulfonamides is 1. The zero-order chi connectivity index (χ0) is 19.9. The summed E-state index contributed by atoms with van der Waals surface area (Å²) in [6.07, 6.45) is 1.14. The maximum atomic E-state index is 12.3. The molecule has 2 rings (SSSR count). The number of ether oxygens (including phenoxy) is 2. The summed E-state index contributed by atoms with van der Waals surface area (Å²) in [6, 6.07) is 14.2. The van der Waals surface area contributed by atoms with Crippen molar-refractivity contribution in [1.82, 2.24) is 4.31 Å². The third-order valence-corrected chi connectivity index (χ3v) is 5.23. The molecule has 1 amide bonds. The minimum Gasteiger partial charge on any atom is -0.496 e. The molecule has 0 saturated heterocycles. The van der Waals surface area contributed by atoms with Gasteiger partial charge in [0.15, 0.2) is 0 Å². The van der Waals surface area contributed by atoms with Gasteiger partial charge in [0.2, 0.25) is 15.9 Å². The number of methoxy groups -OCH3 is 2. The molecule has 0 radical (unpaired) electrons. The quantitative estimate of drug-likeness (QED) is 0.709. The number of amides is 1. The predicted octanol–water partition coefficient (Wildman–Crippen LogP) is 2.49. The first kappa shape index (κ1) is 20.7. The highest BCUT2D eigenvalue weighted by Crippen LogP contribution is 2.23. The first-order valence-corrected chi connectivity index (χ1v) is 10.2. The third kappa shape index (κ3) is 5.97. The maximum Gasteiger partial charge on any atom is 0.225 e. The van der Waals surface area contributed by atoms with E-state index in [1.54, 1.807) is 36.4 Å². The molecule has 0 unspecified atom stereocenters. The van der Waals surface area contributed by atoms with Crippen molar-refractivity contribution in [2.75, 3.05) is 32.3 Å². The molecule has 0 saturated carbocycles. The minimum absolute atomic E-state index is 0.0142. The van der Waals surface area contributed by atoms with E-state index in [0.29, 0.717) is 17.2 Å². The first-order chi connectivity index (χ1) is 12.8. The lowest BCUT2D eigenvalue weighted by Gasteiger charge is -2.21. The van der Waals surface area contributed by atoms with Gasteiger partial charge >= 0.3 is 0 Å². The van der Waals surface area contributed by atoms with Gasteiger partial charge in [-0.3, -0.25) is 4.79 Å². The molecule has 0 heterocycles. The van der Waals surface area contributed by atoms with E-state index in [-0.39, 0.29) is 25.4 Å². The monoisotopic (exact) mass is 392 g/mol. The first-order valence-electron chi connectivity index (χ1n) is 8.35. The van der Waals surface area contributed by atoms with Gasteiger partial charge in [-0.15, -0.1) is 0 Å². The Kier molecular flexibility index (Phi) is 7.20. The Labute approximate surface area is 160 Å². The van der Waals surface area contributed by atoms with E-state index >= 15 is 0 Å². The molecule has 0 bridgehead atoms. The minimum atomic E-state index is -3.50. The highest BCUT2D eigenvalue weighted by Gasteiger charge is 2.20. The molecule has 0 aliphatic rings. The molecule has 0 aliphatic heterocycles. The molecule has 2 aromatic rings. The van der Waals surface area contributed by atoms with Crippen LogP contribution in [0.25, 0.3) is 0 Å². The van der Waals surface area contributed by atoms with Crippen LogP contribution in [0.5, 0.6) is 11.5 Å². The Bertz CT molecular complexity index is 883. The highest BCUT2D eigenvalue weighted by atomic mass is 32.2. The van der Waals surface area contributed by atoms with Crippen molar-refractivity contribution >= 4 is 21.6 Å². The number of carbonyl (C=O) groups is 1. The van der Waals surface area contributed by atoms with E-state index in [1.165, 1.54) is 18.5 Å². The summed E-state index contributed by atoms with van der Waals surface area (Å²) in [5, 5.41) is 2.74. The highest BCUT2D eigenvalue weighted by molar-refractivity contribution is 7.88. The van der Waals surface area contributed by atoms with Crippen molar-refractivity contribution < 1.29 is 22.7 Å². The van der Waals surface area contributed by atoms with Crippen LogP contribution in [0.3, 0.4) is 0 Å². The summed E-state index contributed by atoms with van der Waals surface area (Å²) in [7, 11) is -0.447. The maximum absolute atomic E-state index is 12.3. The van der Waals surface area contributed by atoms with Gasteiger partial charge in [-0.25, -0.2) is 8.42 Å². The molecule has 8 heteroatoms. The Balaban J connectivity index is 2.05. The molecule has 2 aromatic carbocycles. The van der Waals surface area contributed by atoms with Crippen LogP contribution in [0.1, 0.15) is 12.0 Å². The lowest BCUT2D eigenvalue weighted by atomic mass is 10.2. The number of nitrogens with one attached hydrogen (secondary N) is 1. The second-order valence-corrected chi connectivity index (χ2v) is 7.89. The van der Waals surface area contributed by atoms with E-state index in [2.05, 4.69) is 5.32 Å². The molecule has 0 atom stereocenters. The van der Waals surface area contributed by atoms with Crippen LogP contribution in [0.4, 0.5) is 5.69 Å². The largest absolute Gasteiger partial charge is 0.496 e. The number of para-hydroxylation sites is 3. The fraction of sp³-hybridized carbons (Fsp3) is 0.316. The fourth-order valence-electron chi connectivity index (χ4n) is 2.57. The molecule has 0 fully saturated rings. The third-order valence-electron chi connectivity index (χ3n) is 3.98. The zero-order valence-corrected chi connectivity index (χ0v) is 16.5. The number of hydrogen-bond acceptors (Lipinski definition) is 5. The van der Waals surface area contributed by atoms with Gasteiger partial charge < -0.3 is 14.8 Å². The van der Waals surface area contributed by atoms with E-state index in [4.69, 9.17) is 9.47 Å². The van der Waals surface area contributed by atoms with Gasteiger partial charge in [-0.1, -0.05) is 30.3 Å². The molecule has 146 valence electrons. The number of nitrogens with zero attached hydrogens (tertiary/aromatic N) is 1. The fourth-order valence-corrected chi connectivity index (χ4v) is 3.37. The predicted molar refractivity (Wildman–Crippen MR) is 104 cm³/mol. The molecule has 7 nitrogen and oxygen atoms in total. The van der Waals surface area contributed by atoms with Crippen LogP contribution in [0, 0.1) is 0 Å². The standard InChI is InChI=1S/C19H24N2O5S/c1-25-17-10-6-4-8-15(17)14-21(27(3,23)24)13-12-19(22)20-16-9-5-7-11-18(16)26-2/h4-11H,12-14H2,1-3H3,(H,20,22). The smallest absolute Gasteiger partial charge is 0.225 e. The average Bonchev–Trinajstić information content (AvgIpc) is 2.64. The Morgan fingerprint density at radius 1 is 1.00 bits per heavy atom. The summed E-state index contributed by atoms with van der Waals surface area (Å²) < 4.78 is 36.0. The Morgan fingerprint density at radius 3 is 2.22 bits per heavy atom. The molecule has 0 aliphatic carbocycles. The lowest BCUT2D eigenvalue weighted by molar-refractivity contribution is -0.116. The lowest BCUT2D eigenvalue weighted by Crippen LogP contribution is -2.32. The normalized spacial score (nSPS) is 11.3. The van der Waals surface area contributed by atoms with Crippen molar-refractivity contribution in [3.8, 4) is 11.5 Å². The molecule has 1 N–H and O–H groups in total. The van der Waals surface area contributed by atoms with Crippen molar-refractivity contribution in [2.24, 2.45) is 0 Å². The van der Waals surface area contributed by atoms with Crippen molar-refractivity contribution in [2.45, 2.75) is 13.0 Å². The SMILES string of the molecule is COc1ccccc1CN(CCC(=O)Nc1ccccc1OC)S(C)(=O)=O. The summed E-state index contributed by atoms with van der Waals surface area (Å²) in [4.78, 5) is 12.3. The molecule has 0 aromatic heterocycles. The van der Waals surface area contributed by atoms with Gasteiger partial charge in [0.05, 0.1) is 26.2 Å². The van der Waals surface area contributed by atoms with Gasteiger partial charge in [-0.05, 0) is 18.2 Å². The Morgan fingerprint density at radius 2 is 1.59 bits per heavy atom. The van der Waals surface area contributed by atoms with E-state index < -0.39 is 10.0 Å². The summed E-state index contributed by atoms with van der Waals surface area (Å²) in [5.41, 5.74) is 1.27.